The number of benzene rings is 1. The van der Waals surface area contributed by atoms with Gasteiger partial charge in [-0.25, -0.2) is 9.48 Å². The summed E-state index contributed by atoms with van der Waals surface area (Å²) in [7, 11) is 0. The second-order valence-corrected chi connectivity index (χ2v) is 7.09. The minimum absolute atomic E-state index is 0.0156. The number of carbonyl (C=O) groups is 1. The molecule has 0 aliphatic heterocycles. The fourth-order valence-corrected chi connectivity index (χ4v) is 2.70. The fraction of sp³-hybridized carbons (Fsp3) is 0.353. The van der Waals surface area contributed by atoms with E-state index >= 15 is 0 Å². The smallest absolute Gasteiger partial charge is 0.337 e. The summed E-state index contributed by atoms with van der Waals surface area (Å²) >= 11 is 5.94. The van der Waals surface area contributed by atoms with Crippen molar-refractivity contribution in [1.29, 1.82) is 0 Å². The van der Waals surface area contributed by atoms with Crippen molar-refractivity contribution in [2.75, 3.05) is 17.2 Å². The van der Waals surface area contributed by atoms with E-state index in [0.29, 0.717) is 35.2 Å². The number of rotatable bonds is 7. The van der Waals surface area contributed by atoms with Crippen LogP contribution in [0.15, 0.2) is 18.2 Å². The molecule has 5 N–H and O–H groups in total. The number of nitrogens with zero attached hydrogens (tertiary/aromatic N) is 5. The number of carboxylic acids is 1. The van der Waals surface area contributed by atoms with E-state index in [9.17, 15) is 9.90 Å². The fourth-order valence-electron chi connectivity index (χ4n) is 2.50. The molecule has 0 aliphatic carbocycles. The first-order valence-electron chi connectivity index (χ1n) is 8.68. The van der Waals surface area contributed by atoms with Crippen LogP contribution >= 0.6 is 11.6 Å². The Balaban J connectivity index is 2.06. The Labute approximate surface area is 166 Å². The van der Waals surface area contributed by atoms with Gasteiger partial charge in [-0.15, -0.1) is 5.10 Å². The molecule has 0 saturated carbocycles. The third-order valence-corrected chi connectivity index (χ3v) is 4.18. The Kier molecular flexibility index (Phi) is 5.61. The average Bonchev–Trinajstić information content (AvgIpc) is 3.05. The average molecular weight is 405 g/mol. The Morgan fingerprint density at radius 1 is 1.32 bits per heavy atom. The van der Waals surface area contributed by atoms with Gasteiger partial charge in [0.25, 0.3) is 0 Å². The highest BCUT2D eigenvalue weighted by Crippen LogP contribution is 2.27. The molecule has 148 valence electrons. The predicted molar refractivity (Wildman–Crippen MR) is 107 cm³/mol. The summed E-state index contributed by atoms with van der Waals surface area (Å²) in [6, 6.07) is 4.55. The molecule has 0 bridgehead atoms. The van der Waals surface area contributed by atoms with Gasteiger partial charge in [-0.05, 0) is 39.0 Å². The van der Waals surface area contributed by atoms with Gasteiger partial charge in [0, 0.05) is 18.3 Å². The van der Waals surface area contributed by atoms with E-state index in [2.05, 4.69) is 30.9 Å². The van der Waals surface area contributed by atoms with Gasteiger partial charge in [-0.2, -0.15) is 9.97 Å². The summed E-state index contributed by atoms with van der Waals surface area (Å²) in [4.78, 5) is 20.3. The highest BCUT2D eigenvalue weighted by molar-refractivity contribution is 6.33. The predicted octanol–water partition coefficient (Wildman–Crippen LogP) is 2.66. The maximum atomic E-state index is 11.3. The molecule has 0 fully saturated rings. The number of halogens is 1. The van der Waals surface area contributed by atoms with Gasteiger partial charge in [0.2, 0.25) is 5.95 Å². The zero-order chi connectivity index (χ0) is 20.4. The van der Waals surface area contributed by atoms with Crippen LogP contribution in [-0.4, -0.2) is 48.6 Å². The lowest BCUT2D eigenvalue weighted by Gasteiger charge is -2.12. The van der Waals surface area contributed by atoms with Crippen molar-refractivity contribution in [2.45, 2.75) is 32.9 Å². The highest BCUT2D eigenvalue weighted by Gasteiger charge is 2.17. The van der Waals surface area contributed by atoms with Crippen LogP contribution in [0.4, 0.5) is 17.5 Å². The molecule has 1 unspecified atom stereocenters. The number of aromatic nitrogens is 5. The van der Waals surface area contributed by atoms with Crippen LogP contribution in [0.2, 0.25) is 5.02 Å². The Morgan fingerprint density at radius 3 is 2.71 bits per heavy atom. The van der Waals surface area contributed by atoms with Gasteiger partial charge < -0.3 is 21.5 Å². The van der Waals surface area contributed by atoms with Gasteiger partial charge in [-0.1, -0.05) is 16.8 Å². The number of hydrogen-bond donors (Lipinski definition) is 4. The van der Waals surface area contributed by atoms with Gasteiger partial charge in [0.1, 0.15) is 0 Å². The number of hydrogen-bond acceptors (Lipinski definition) is 8. The van der Waals surface area contributed by atoms with Crippen LogP contribution in [0.5, 0.6) is 0 Å². The van der Waals surface area contributed by atoms with E-state index in [-0.39, 0.29) is 22.7 Å². The number of nitrogens with one attached hydrogen (secondary N) is 2. The molecule has 1 aromatic carbocycles. The molecular weight excluding hydrogens is 384 g/mol. The van der Waals surface area contributed by atoms with Crippen LogP contribution < -0.4 is 16.4 Å². The Hall–Kier alpha value is -2.98. The van der Waals surface area contributed by atoms with Gasteiger partial charge >= 0.3 is 5.97 Å². The quantitative estimate of drug-likeness (QED) is 0.467. The zero-order valence-corrected chi connectivity index (χ0v) is 16.4. The maximum Gasteiger partial charge on any atom is 0.337 e. The monoisotopic (exact) mass is 404 g/mol. The summed E-state index contributed by atoms with van der Waals surface area (Å²) in [5.41, 5.74) is 7.30. The SMILES string of the molecule is CC(N)CNc1nc(Nc2ccc(Cl)c(C(=O)O)c2)c2nnn(C(C)C)c2n1. The van der Waals surface area contributed by atoms with Crippen molar-refractivity contribution < 1.29 is 9.90 Å². The number of nitrogens with two attached hydrogens (primary N) is 1. The lowest BCUT2D eigenvalue weighted by molar-refractivity contribution is 0.0697. The third kappa shape index (κ3) is 4.12. The summed E-state index contributed by atoms with van der Waals surface area (Å²) in [6.07, 6.45) is 0. The summed E-state index contributed by atoms with van der Waals surface area (Å²) < 4.78 is 1.68. The van der Waals surface area contributed by atoms with Crippen molar-refractivity contribution in [3.8, 4) is 0 Å². The van der Waals surface area contributed by atoms with E-state index in [1.807, 2.05) is 20.8 Å². The number of carboxylic acid groups (broad SMARTS) is 1. The van der Waals surface area contributed by atoms with E-state index in [4.69, 9.17) is 17.3 Å². The first kappa shape index (κ1) is 19.8. The largest absolute Gasteiger partial charge is 0.478 e. The second-order valence-electron chi connectivity index (χ2n) is 6.68. The summed E-state index contributed by atoms with van der Waals surface area (Å²) in [5, 5.41) is 23.9. The van der Waals surface area contributed by atoms with Crippen molar-refractivity contribution in [2.24, 2.45) is 5.73 Å². The Bertz CT molecular complexity index is 1020. The molecule has 1 atom stereocenters. The standard InChI is InChI=1S/C17H21ClN8O2/c1-8(2)26-15-13(24-25-26)14(22-17(23-15)20-7-9(3)19)21-10-4-5-12(18)11(6-10)16(27)28/h4-6,8-9H,7,19H2,1-3H3,(H,27,28)(H2,20,21,22,23). The molecule has 10 nitrogen and oxygen atoms in total. The van der Waals surface area contributed by atoms with Gasteiger partial charge in [0.15, 0.2) is 17.0 Å². The zero-order valence-electron chi connectivity index (χ0n) is 15.6. The number of aromatic carboxylic acids is 1. The molecule has 2 heterocycles. The minimum Gasteiger partial charge on any atom is -0.478 e. The first-order chi connectivity index (χ1) is 13.3. The molecule has 0 spiro atoms. The van der Waals surface area contributed by atoms with Crippen molar-refractivity contribution >= 4 is 46.2 Å². The Morgan fingerprint density at radius 2 is 2.07 bits per heavy atom. The van der Waals surface area contributed by atoms with Crippen LogP contribution in [0.1, 0.15) is 37.2 Å². The molecule has 3 aromatic rings. The van der Waals surface area contributed by atoms with Crippen molar-refractivity contribution in [1.82, 2.24) is 25.0 Å². The van der Waals surface area contributed by atoms with E-state index in [1.165, 1.54) is 12.1 Å². The van der Waals surface area contributed by atoms with Gasteiger partial charge in [-0.3, -0.25) is 0 Å². The lowest BCUT2D eigenvalue weighted by atomic mass is 10.2. The van der Waals surface area contributed by atoms with Crippen molar-refractivity contribution in [3.63, 3.8) is 0 Å². The van der Waals surface area contributed by atoms with Crippen molar-refractivity contribution in [3.05, 3.63) is 28.8 Å². The molecular formula is C17H21ClN8O2. The molecule has 0 amide bonds. The number of anilines is 3. The molecule has 0 aliphatic rings. The van der Waals surface area contributed by atoms with Crippen LogP contribution in [0, 0.1) is 0 Å². The molecule has 11 heteroatoms. The summed E-state index contributed by atoms with van der Waals surface area (Å²) in [5.74, 6) is -0.363. The van der Waals surface area contributed by atoms with Crippen LogP contribution in [0.25, 0.3) is 11.2 Å². The van der Waals surface area contributed by atoms with E-state index in [0.717, 1.165) is 0 Å². The van der Waals surface area contributed by atoms with Gasteiger partial charge in [0.05, 0.1) is 16.6 Å². The highest BCUT2D eigenvalue weighted by atomic mass is 35.5. The third-order valence-electron chi connectivity index (χ3n) is 3.85. The number of fused-ring (bicyclic) bond motifs is 1. The molecule has 3 rings (SSSR count). The van der Waals surface area contributed by atoms with E-state index in [1.54, 1.807) is 10.7 Å². The summed E-state index contributed by atoms with van der Waals surface area (Å²) in [6.45, 7) is 6.29. The molecule has 0 saturated heterocycles. The topological polar surface area (TPSA) is 144 Å². The van der Waals surface area contributed by atoms with Crippen LogP contribution in [0.3, 0.4) is 0 Å². The van der Waals surface area contributed by atoms with Crippen LogP contribution in [-0.2, 0) is 0 Å². The maximum absolute atomic E-state index is 11.3. The lowest BCUT2D eigenvalue weighted by Crippen LogP contribution is -2.26. The molecule has 2 aromatic heterocycles. The first-order valence-corrected chi connectivity index (χ1v) is 9.06. The molecule has 28 heavy (non-hydrogen) atoms. The molecule has 0 radical (unpaired) electrons. The van der Waals surface area contributed by atoms with E-state index < -0.39 is 5.97 Å². The second kappa shape index (κ2) is 7.95. The minimum atomic E-state index is -1.12. The normalized spacial score (nSPS) is 12.4.